The summed E-state index contributed by atoms with van der Waals surface area (Å²) in [6.45, 7) is 0.515. The molecule has 0 spiro atoms. The Kier molecular flexibility index (Phi) is 2.74. The van der Waals surface area contributed by atoms with Gasteiger partial charge < -0.3 is 9.84 Å². The van der Waals surface area contributed by atoms with E-state index < -0.39 is 6.09 Å². The summed E-state index contributed by atoms with van der Waals surface area (Å²) in [5.41, 5.74) is 1.07. The molecule has 90 valence electrons. The summed E-state index contributed by atoms with van der Waals surface area (Å²) < 4.78 is 7.03. The number of likely N-dealkylation sites (tertiary alicyclic amines) is 1. The molecule has 2 bridgehead atoms. The van der Waals surface area contributed by atoms with Gasteiger partial charge in [0.2, 0.25) is 0 Å². The van der Waals surface area contributed by atoms with Crippen molar-refractivity contribution in [1.82, 2.24) is 4.90 Å². The van der Waals surface area contributed by atoms with Gasteiger partial charge in [0.15, 0.2) is 0 Å². The van der Waals surface area contributed by atoms with Crippen LogP contribution in [-0.4, -0.2) is 34.8 Å². The lowest BCUT2D eigenvalue weighted by molar-refractivity contribution is -0.0287. The Morgan fingerprint density at radius 3 is 2.71 bits per heavy atom. The first kappa shape index (κ1) is 11.3. The first-order valence-corrected chi connectivity index (χ1v) is 6.63. The number of rotatable bonds is 1. The van der Waals surface area contributed by atoms with Crippen molar-refractivity contribution in [3.05, 3.63) is 33.4 Å². The van der Waals surface area contributed by atoms with Crippen LogP contribution in [0.3, 0.4) is 0 Å². The molecule has 17 heavy (non-hydrogen) atoms. The molecule has 4 nitrogen and oxygen atoms in total. The molecular weight excluding hydrogens is 333 g/mol. The molecule has 0 radical (unpaired) electrons. The number of carbonyl (C=O) groups is 1. The first-order valence-electron chi connectivity index (χ1n) is 5.55. The summed E-state index contributed by atoms with van der Waals surface area (Å²) in [6.07, 6.45) is -0.0401. The number of carboxylic acid groups (broad SMARTS) is 1. The number of nitrogens with zero attached hydrogens (tertiary/aromatic N) is 1. The van der Waals surface area contributed by atoms with Gasteiger partial charge in [-0.15, -0.1) is 0 Å². The molecule has 3 rings (SSSR count). The molecule has 0 aromatic heterocycles. The maximum Gasteiger partial charge on any atom is 0.407 e. The quantitative estimate of drug-likeness (QED) is 0.796. The molecule has 2 fully saturated rings. The maximum atomic E-state index is 11.1. The second kappa shape index (κ2) is 4.13. The van der Waals surface area contributed by atoms with E-state index in [9.17, 15) is 4.79 Å². The molecule has 1 N–H and O–H groups in total. The Morgan fingerprint density at radius 2 is 2.12 bits per heavy atom. The number of ether oxygens (including phenoxy) is 1. The van der Waals surface area contributed by atoms with E-state index in [1.807, 2.05) is 24.3 Å². The predicted octanol–water partition coefficient (Wildman–Crippen LogP) is 2.48. The van der Waals surface area contributed by atoms with Crippen molar-refractivity contribution in [1.29, 1.82) is 0 Å². The highest BCUT2D eigenvalue weighted by Crippen LogP contribution is 2.41. The Hall–Kier alpha value is -0.820. The number of amides is 1. The summed E-state index contributed by atoms with van der Waals surface area (Å²) in [4.78, 5) is 12.6. The summed E-state index contributed by atoms with van der Waals surface area (Å²) in [5.74, 6) is 0. The number of benzene rings is 1. The summed E-state index contributed by atoms with van der Waals surface area (Å²) in [6, 6.07) is 8.07. The second-order valence-electron chi connectivity index (χ2n) is 4.47. The van der Waals surface area contributed by atoms with Gasteiger partial charge in [0.25, 0.3) is 0 Å². The van der Waals surface area contributed by atoms with Crippen LogP contribution >= 0.6 is 22.6 Å². The molecule has 0 aliphatic carbocycles. The minimum Gasteiger partial charge on any atom is -0.465 e. The van der Waals surface area contributed by atoms with E-state index in [4.69, 9.17) is 9.84 Å². The minimum absolute atomic E-state index is 0.0161. The summed E-state index contributed by atoms with van der Waals surface area (Å²) in [5, 5.41) is 9.11. The molecule has 1 amide bonds. The fourth-order valence-corrected chi connectivity index (χ4v) is 3.04. The van der Waals surface area contributed by atoms with E-state index in [-0.39, 0.29) is 18.2 Å². The monoisotopic (exact) mass is 345 g/mol. The number of hydrogen-bond acceptors (Lipinski definition) is 2. The standard InChI is InChI=1S/C12H12INO3/c13-8-3-1-7(2-4-8)11-10-5-9(17-11)6-14(10)12(15)16/h1-4,9-11H,5-6H2,(H,15,16)/t9-,10-,11+/m1/s1. The van der Waals surface area contributed by atoms with E-state index in [0.717, 1.165) is 12.0 Å². The lowest BCUT2D eigenvalue weighted by atomic mass is 10.0. The van der Waals surface area contributed by atoms with E-state index >= 15 is 0 Å². The lowest BCUT2D eigenvalue weighted by Crippen LogP contribution is -2.42. The van der Waals surface area contributed by atoms with Gasteiger partial charge in [-0.05, 0) is 46.7 Å². The van der Waals surface area contributed by atoms with Gasteiger partial charge >= 0.3 is 6.09 Å². The van der Waals surface area contributed by atoms with Gasteiger partial charge in [-0.3, -0.25) is 4.90 Å². The molecular formula is C12H12INO3. The number of fused-ring (bicyclic) bond motifs is 2. The van der Waals surface area contributed by atoms with Gasteiger partial charge in [-0.2, -0.15) is 0 Å². The average molecular weight is 345 g/mol. The molecule has 2 aliphatic rings. The number of morpholine rings is 1. The third-order valence-electron chi connectivity index (χ3n) is 3.44. The highest BCUT2D eigenvalue weighted by atomic mass is 127. The zero-order valence-electron chi connectivity index (χ0n) is 9.04. The molecule has 3 atom stereocenters. The lowest BCUT2D eigenvalue weighted by Gasteiger charge is -2.31. The Bertz CT molecular complexity index is 448. The van der Waals surface area contributed by atoms with Crippen molar-refractivity contribution in [3.8, 4) is 0 Å². The van der Waals surface area contributed by atoms with E-state index in [1.54, 1.807) is 0 Å². The van der Waals surface area contributed by atoms with Gasteiger partial charge in [-0.25, -0.2) is 4.79 Å². The minimum atomic E-state index is -0.837. The van der Waals surface area contributed by atoms with Crippen molar-refractivity contribution < 1.29 is 14.6 Å². The van der Waals surface area contributed by atoms with E-state index in [0.29, 0.717) is 6.54 Å². The van der Waals surface area contributed by atoms with Crippen molar-refractivity contribution in [2.24, 2.45) is 0 Å². The summed E-state index contributed by atoms with van der Waals surface area (Å²) >= 11 is 2.25. The number of halogens is 1. The molecule has 5 heteroatoms. The Balaban J connectivity index is 1.86. The predicted molar refractivity (Wildman–Crippen MR) is 69.9 cm³/mol. The SMILES string of the molecule is O=C(O)N1C[C@H]2C[C@@H]1[C@H](c1ccc(I)cc1)O2. The van der Waals surface area contributed by atoms with Gasteiger partial charge in [0, 0.05) is 3.57 Å². The van der Waals surface area contributed by atoms with Crippen molar-refractivity contribution in [2.75, 3.05) is 6.54 Å². The fraction of sp³-hybridized carbons (Fsp3) is 0.417. The third-order valence-corrected chi connectivity index (χ3v) is 4.16. The molecule has 0 saturated carbocycles. The van der Waals surface area contributed by atoms with Crippen molar-refractivity contribution in [2.45, 2.75) is 24.7 Å². The van der Waals surface area contributed by atoms with Crippen LogP contribution in [0, 0.1) is 3.57 Å². The van der Waals surface area contributed by atoms with Crippen molar-refractivity contribution in [3.63, 3.8) is 0 Å². The topological polar surface area (TPSA) is 49.8 Å². The molecule has 1 aromatic rings. The first-order chi connectivity index (χ1) is 8.15. The molecule has 2 saturated heterocycles. The van der Waals surface area contributed by atoms with E-state index in [1.165, 1.54) is 8.47 Å². The van der Waals surface area contributed by atoms with Crippen LogP contribution < -0.4 is 0 Å². The van der Waals surface area contributed by atoms with Crippen molar-refractivity contribution >= 4 is 28.7 Å². The largest absolute Gasteiger partial charge is 0.465 e. The van der Waals surface area contributed by atoms with Crippen LogP contribution in [0.4, 0.5) is 4.79 Å². The zero-order valence-corrected chi connectivity index (χ0v) is 11.2. The van der Waals surface area contributed by atoms with Crippen LogP contribution in [-0.2, 0) is 4.74 Å². The molecule has 0 unspecified atom stereocenters. The van der Waals surface area contributed by atoms with Crippen LogP contribution in [0.25, 0.3) is 0 Å². The van der Waals surface area contributed by atoms with Crippen LogP contribution in [0.5, 0.6) is 0 Å². The van der Waals surface area contributed by atoms with Gasteiger partial charge in [0.05, 0.1) is 18.7 Å². The highest BCUT2D eigenvalue weighted by Gasteiger charge is 2.48. The van der Waals surface area contributed by atoms with Crippen LogP contribution in [0.2, 0.25) is 0 Å². The average Bonchev–Trinajstić information content (AvgIpc) is 2.89. The van der Waals surface area contributed by atoms with Crippen LogP contribution in [0.15, 0.2) is 24.3 Å². The maximum absolute atomic E-state index is 11.1. The molecule has 1 aromatic carbocycles. The molecule has 2 heterocycles. The summed E-state index contributed by atoms with van der Waals surface area (Å²) in [7, 11) is 0. The van der Waals surface area contributed by atoms with Crippen LogP contribution in [0.1, 0.15) is 18.1 Å². The zero-order chi connectivity index (χ0) is 12.0. The Labute approximate surface area is 113 Å². The van der Waals surface area contributed by atoms with Gasteiger partial charge in [-0.1, -0.05) is 12.1 Å². The highest BCUT2D eigenvalue weighted by molar-refractivity contribution is 14.1. The smallest absolute Gasteiger partial charge is 0.407 e. The number of hydrogen-bond donors (Lipinski definition) is 1. The van der Waals surface area contributed by atoms with E-state index in [2.05, 4.69) is 22.6 Å². The fourth-order valence-electron chi connectivity index (χ4n) is 2.68. The molecule has 2 aliphatic heterocycles. The normalized spacial score (nSPS) is 30.9. The van der Waals surface area contributed by atoms with Gasteiger partial charge in [0.1, 0.15) is 6.10 Å². The third kappa shape index (κ3) is 1.91. The Morgan fingerprint density at radius 1 is 1.41 bits per heavy atom. The second-order valence-corrected chi connectivity index (χ2v) is 5.71.